The summed E-state index contributed by atoms with van der Waals surface area (Å²) in [6.07, 6.45) is 4.23. The van der Waals surface area contributed by atoms with Gasteiger partial charge in [0.1, 0.15) is 17.3 Å². The molecule has 1 aliphatic rings. The predicted octanol–water partition coefficient (Wildman–Crippen LogP) is 7.33. The number of nitrogens with zero attached hydrogens (tertiary/aromatic N) is 2. The van der Waals surface area contributed by atoms with E-state index < -0.39 is 0 Å². The molecule has 6 heteroatoms. The molecule has 0 spiro atoms. The number of aromatic hydroxyl groups is 2. The minimum Gasteiger partial charge on any atom is -0.508 e. The van der Waals surface area contributed by atoms with Crippen molar-refractivity contribution in [2.75, 3.05) is 20.1 Å². The first kappa shape index (κ1) is 32.0. The molecule has 2 aromatic rings. The van der Waals surface area contributed by atoms with E-state index in [-0.39, 0.29) is 28.6 Å². The number of allylic oxidation sites excluding steroid dienone is 5. The quantitative estimate of drug-likeness (QED) is 0.394. The van der Waals surface area contributed by atoms with Gasteiger partial charge in [-0.25, -0.2) is 0 Å². The molecule has 0 bridgehead atoms. The second kappa shape index (κ2) is 15.9. The minimum atomic E-state index is -0.271. The molecule has 6 nitrogen and oxygen atoms in total. The van der Waals surface area contributed by atoms with E-state index in [0.29, 0.717) is 18.7 Å². The third-order valence-corrected chi connectivity index (χ3v) is 5.46. The van der Waals surface area contributed by atoms with Crippen LogP contribution in [-0.2, 0) is 4.79 Å². The number of carbonyl (C=O) groups excluding carboxylic acids is 1. The van der Waals surface area contributed by atoms with E-state index >= 15 is 0 Å². The Labute approximate surface area is 227 Å². The molecule has 0 saturated carbocycles. The molecule has 3 rings (SSSR count). The van der Waals surface area contributed by atoms with Gasteiger partial charge in [0, 0.05) is 31.1 Å². The summed E-state index contributed by atoms with van der Waals surface area (Å²) >= 11 is 0. The predicted molar refractivity (Wildman–Crippen MR) is 160 cm³/mol. The number of phenolic OH excluding ortho intramolecular Hbond substituents is 2. The number of phenols is 2. The maximum atomic E-state index is 12.0. The fraction of sp³-hybridized carbons (Fsp3) is 0.312. The molecule has 0 atom stereocenters. The van der Waals surface area contributed by atoms with Crippen LogP contribution in [0, 0.1) is 0 Å². The zero-order chi connectivity index (χ0) is 28.8. The van der Waals surface area contributed by atoms with Crippen LogP contribution in [0.4, 0.5) is 0 Å². The van der Waals surface area contributed by atoms with Crippen molar-refractivity contribution < 1.29 is 20.1 Å². The largest absolute Gasteiger partial charge is 0.508 e. The number of benzene rings is 2. The fourth-order valence-corrected chi connectivity index (χ4v) is 3.74. The van der Waals surface area contributed by atoms with Gasteiger partial charge in [0.15, 0.2) is 5.78 Å². The zero-order valence-electron chi connectivity index (χ0n) is 23.7. The van der Waals surface area contributed by atoms with Crippen molar-refractivity contribution in [1.29, 1.82) is 0 Å². The lowest BCUT2D eigenvalue weighted by Gasteiger charge is -2.28. The van der Waals surface area contributed by atoms with Crippen LogP contribution in [0.2, 0.25) is 0 Å². The van der Waals surface area contributed by atoms with Crippen LogP contribution in [0.25, 0.3) is 11.1 Å². The van der Waals surface area contributed by atoms with Crippen molar-refractivity contribution in [2.24, 2.45) is 4.99 Å². The van der Waals surface area contributed by atoms with E-state index in [0.717, 1.165) is 28.0 Å². The average Bonchev–Trinajstić information content (AvgIpc) is 2.88. The molecule has 3 N–H and O–H groups in total. The molecular weight excluding hydrogens is 476 g/mol. The lowest BCUT2D eigenvalue weighted by Crippen LogP contribution is -2.24. The number of likely N-dealkylation sites (N-methyl/N-ethyl adjacent to an activating group) is 1. The summed E-state index contributed by atoms with van der Waals surface area (Å²) < 4.78 is 0. The summed E-state index contributed by atoms with van der Waals surface area (Å²) in [5.41, 5.74) is 4.80. The summed E-state index contributed by atoms with van der Waals surface area (Å²) in [6.45, 7) is 16.8. The summed E-state index contributed by atoms with van der Waals surface area (Å²) in [5, 5.41) is 30.2. The first-order valence-electron chi connectivity index (χ1n) is 13.0. The number of ketones is 1. The van der Waals surface area contributed by atoms with Gasteiger partial charge in [-0.05, 0) is 66.5 Å². The highest BCUT2D eigenvalue weighted by Crippen LogP contribution is 2.37. The van der Waals surface area contributed by atoms with Gasteiger partial charge in [0.2, 0.25) is 0 Å². The molecule has 2 aromatic carbocycles. The van der Waals surface area contributed by atoms with Gasteiger partial charge in [-0.15, -0.1) is 0 Å². The van der Waals surface area contributed by atoms with E-state index in [1.165, 1.54) is 19.6 Å². The number of aliphatic hydroxyl groups is 1. The average molecular weight is 519 g/mol. The van der Waals surface area contributed by atoms with Gasteiger partial charge >= 0.3 is 0 Å². The molecule has 1 aliphatic heterocycles. The van der Waals surface area contributed by atoms with E-state index in [9.17, 15) is 20.1 Å². The Kier molecular flexibility index (Phi) is 13.4. The van der Waals surface area contributed by atoms with E-state index in [1.54, 1.807) is 54.6 Å². The Morgan fingerprint density at radius 3 is 1.89 bits per heavy atom. The number of hydrogen-bond donors (Lipinski definition) is 3. The maximum absolute atomic E-state index is 12.0. The van der Waals surface area contributed by atoms with Crippen LogP contribution in [-0.4, -0.2) is 52.4 Å². The standard InChI is InChI=1S/C27H28N2O4.C3H8.C2H6/c1-17-15-25(33)24(19(3)30)16-28-13-14-29(4)27(17)26(21-7-11-23(32)12-8-21)18(2)20-5-9-22(31)10-6-20;1-3-2;1-2/h5-12,15-16,31-33H,2,13-14H2,1,3-4H3;3H2,1-2H3;1-2H3/b17-15+,25-24-,27-26+,28-16?;;. The molecule has 0 radical (unpaired) electrons. The van der Waals surface area contributed by atoms with Gasteiger partial charge in [-0.2, -0.15) is 0 Å². The van der Waals surface area contributed by atoms with Crippen molar-refractivity contribution >= 4 is 23.1 Å². The highest BCUT2D eigenvalue weighted by atomic mass is 16.3. The molecule has 0 saturated heterocycles. The Morgan fingerprint density at radius 2 is 1.42 bits per heavy atom. The summed E-state index contributed by atoms with van der Waals surface area (Å²) in [4.78, 5) is 18.4. The molecular formula is C32H42N2O4. The first-order chi connectivity index (χ1) is 18.1. The number of rotatable bonds is 4. The van der Waals surface area contributed by atoms with E-state index in [2.05, 4.69) is 25.4 Å². The lowest BCUT2D eigenvalue weighted by molar-refractivity contribution is -0.113. The summed E-state index contributed by atoms with van der Waals surface area (Å²) in [6, 6.07) is 13.6. The topological polar surface area (TPSA) is 93.4 Å². The van der Waals surface area contributed by atoms with Crippen molar-refractivity contribution in [3.63, 3.8) is 0 Å². The molecule has 0 aromatic heterocycles. The van der Waals surface area contributed by atoms with Crippen LogP contribution in [0.1, 0.15) is 59.1 Å². The smallest absolute Gasteiger partial charge is 0.165 e. The monoisotopic (exact) mass is 518 g/mol. The molecule has 0 unspecified atom stereocenters. The number of aliphatic imine (C=N–C) groups is 1. The van der Waals surface area contributed by atoms with Crippen LogP contribution >= 0.6 is 0 Å². The van der Waals surface area contributed by atoms with E-state index in [1.807, 2.05) is 32.7 Å². The number of carbonyl (C=O) groups is 1. The van der Waals surface area contributed by atoms with Crippen molar-refractivity contribution in [1.82, 2.24) is 4.90 Å². The summed E-state index contributed by atoms with van der Waals surface area (Å²) in [7, 11) is 1.93. The van der Waals surface area contributed by atoms with Gasteiger partial charge < -0.3 is 20.2 Å². The normalized spacial score (nSPS) is 18.1. The Balaban J connectivity index is 0.00000135. The molecule has 0 amide bonds. The molecule has 1 heterocycles. The van der Waals surface area contributed by atoms with Crippen molar-refractivity contribution in [2.45, 2.75) is 48.0 Å². The fourth-order valence-electron chi connectivity index (χ4n) is 3.74. The third kappa shape index (κ3) is 8.80. The third-order valence-electron chi connectivity index (χ3n) is 5.46. The van der Waals surface area contributed by atoms with Crippen LogP contribution in [0.3, 0.4) is 0 Å². The van der Waals surface area contributed by atoms with Gasteiger partial charge in [-0.1, -0.05) is 65.0 Å². The van der Waals surface area contributed by atoms with Crippen molar-refractivity contribution in [3.8, 4) is 11.5 Å². The molecule has 0 aliphatic carbocycles. The second-order valence-electron chi connectivity index (χ2n) is 8.64. The number of aliphatic hydroxyl groups excluding tert-OH is 1. The van der Waals surface area contributed by atoms with Gasteiger partial charge in [0.25, 0.3) is 0 Å². The molecule has 204 valence electrons. The van der Waals surface area contributed by atoms with Crippen LogP contribution < -0.4 is 0 Å². The van der Waals surface area contributed by atoms with Crippen LogP contribution in [0.15, 0.2) is 88.8 Å². The zero-order valence-corrected chi connectivity index (χ0v) is 23.7. The highest BCUT2D eigenvalue weighted by molar-refractivity contribution is 6.13. The molecule has 38 heavy (non-hydrogen) atoms. The summed E-state index contributed by atoms with van der Waals surface area (Å²) in [5.74, 6) is -0.128. The number of hydrogen-bond acceptors (Lipinski definition) is 6. The van der Waals surface area contributed by atoms with Crippen molar-refractivity contribution in [3.05, 3.63) is 94.9 Å². The second-order valence-corrected chi connectivity index (χ2v) is 8.64. The Bertz CT molecular complexity index is 1200. The van der Waals surface area contributed by atoms with Gasteiger partial charge in [-0.3, -0.25) is 9.79 Å². The Morgan fingerprint density at radius 1 is 0.947 bits per heavy atom. The minimum absolute atomic E-state index is 0.144. The van der Waals surface area contributed by atoms with Gasteiger partial charge in [0.05, 0.1) is 12.1 Å². The first-order valence-corrected chi connectivity index (χ1v) is 13.0. The SMILES string of the molecule is C=C(/C(=C1/C(C)=C/C(O)=C(/C(C)=O)C=NCCN1C)c1ccc(O)cc1)c1ccc(O)cc1.CC.CCC. The van der Waals surface area contributed by atoms with E-state index in [4.69, 9.17) is 0 Å². The Hall–Kier alpha value is -4.06. The maximum Gasteiger partial charge on any atom is 0.165 e. The van der Waals surface area contributed by atoms with Crippen LogP contribution in [0.5, 0.6) is 11.5 Å². The number of Topliss-reactive ketones (excluding diaryl/α,β-unsaturated/α-hetero) is 1. The highest BCUT2D eigenvalue weighted by Gasteiger charge is 2.21. The lowest BCUT2D eigenvalue weighted by atomic mass is 9.89. The molecule has 0 fully saturated rings.